The number of nitrogens with zero attached hydrogens (tertiary/aromatic N) is 1. The first-order chi connectivity index (χ1) is 10.9. The second-order valence-corrected chi connectivity index (χ2v) is 6.06. The second-order valence-electron chi connectivity index (χ2n) is 4.81. The molecule has 23 heavy (non-hydrogen) atoms. The molecule has 1 aromatic heterocycles. The van der Waals surface area contributed by atoms with Gasteiger partial charge in [-0.15, -0.1) is 0 Å². The highest BCUT2D eigenvalue weighted by molar-refractivity contribution is 14.1. The fourth-order valence-corrected chi connectivity index (χ4v) is 2.48. The number of pyridine rings is 1. The van der Waals surface area contributed by atoms with Crippen molar-refractivity contribution in [2.75, 3.05) is 5.32 Å². The van der Waals surface area contributed by atoms with E-state index in [0.717, 1.165) is 3.57 Å². The quantitative estimate of drug-likeness (QED) is 0.413. The highest BCUT2D eigenvalue weighted by atomic mass is 127. The van der Waals surface area contributed by atoms with Crippen LogP contribution in [0.3, 0.4) is 0 Å². The average Bonchev–Trinajstić information content (AvgIpc) is 2.48. The summed E-state index contributed by atoms with van der Waals surface area (Å²) in [5.74, 6) is -1.17. The Bertz CT molecular complexity index is 725. The molecule has 6 nitrogen and oxygen atoms in total. The molecule has 2 rings (SSSR count). The summed E-state index contributed by atoms with van der Waals surface area (Å²) >= 11 is 1.99. The summed E-state index contributed by atoms with van der Waals surface area (Å²) in [5.41, 5.74) is 6.34. The molecule has 0 aliphatic carbocycles. The molecule has 0 aliphatic rings. The lowest BCUT2D eigenvalue weighted by Gasteiger charge is -2.15. The van der Waals surface area contributed by atoms with Crippen LogP contribution in [-0.2, 0) is 6.42 Å². The molecule has 5 N–H and O–H groups in total. The lowest BCUT2D eigenvalue weighted by Crippen LogP contribution is -2.16. The van der Waals surface area contributed by atoms with Crippen molar-refractivity contribution in [1.82, 2.24) is 4.98 Å². The van der Waals surface area contributed by atoms with Gasteiger partial charge < -0.3 is 21.3 Å². The van der Waals surface area contributed by atoms with Crippen LogP contribution >= 0.6 is 22.6 Å². The number of aliphatic hydroxyl groups excluding tert-OH is 1. The van der Waals surface area contributed by atoms with Crippen molar-refractivity contribution in [2.24, 2.45) is 5.73 Å². The largest absolute Gasteiger partial charge is 0.368 e. The molecule has 0 aliphatic heterocycles. The zero-order chi connectivity index (χ0) is 17.0. The Balaban J connectivity index is 2.42. The third kappa shape index (κ3) is 4.60. The smallest absolute Gasteiger partial charge is 0.250 e. The summed E-state index contributed by atoms with van der Waals surface area (Å²) in [5, 5.41) is 20.8. The maximum atomic E-state index is 14.0. The van der Waals surface area contributed by atoms with Gasteiger partial charge in [0.05, 0.1) is 22.6 Å². The van der Waals surface area contributed by atoms with Crippen molar-refractivity contribution < 1.29 is 19.4 Å². The van der Waals surface area contributed by atoms with Gasteiger partial charge in [-0.1, -0.05) is 0 Å². The van der Waals surface area contributed by atoms with Crippen LogP contribution in [-0.4, -0.2) is 27.4 Å². The maximum absolute atomic E-state index is 14.0. The Kier molecular flexibility index (Phi) is 5.85. The zero-order valence-corrected chi connectivity index (χ0v) is 14.1. The van der Waals surface area contributed by atoms with E-state index in [9.17, 15) is 9.18 Å². The molecule has 2 aromatic rings. The van der Waals surface area contributed by atoms with Crippen LogP contribution in [0.15, 0.2) is 30.5 Å². The Morgan fingerprint density at radius 1 is 1.39 bits per heavy atom. The van der Waals surface area contributed by atoms with Crippen molar-refractivity contribution in [3.05, 3.63) is 51.1 Å². The van der Waals surface area contributed by atoms with E-state index in [-0.39, 0.29) is 29.8 Å². The SMILES string of the molecule is NC(=O)c1ccnc(CCC(O)O)c1Nc1ccc(I)cc1F. The van der Waals surface area contributed by atoms with Gasteiger partial charge in [0, 0.05) is 16.2 Å². The van der Waals surface area contributed by atoms with Gasteiger partial charge in [0.1, 0.15) is 5.82 Å². The number of aliphatic hydroxyl groups is 2. The molecule has 0 saturated heterocycles. The van der Waals surface area contributed by atoms with Crippen LogP contribution in [0.4, 0.5) is 15.8 Å². The predicted octanol–water partition coefficient (Wildman–Crippen LogP) is 1.91. The minimum atomic E-state index is -1.50. The van der Waals surface area contributed by atoms with E-state index in [1.54, 1.807) is 12.1 Å². The Hall–Kier alpha value is -1.78. The van der Waals surface area contributed by atoms with Crippen molar-refractivity contribution >= 4 is 39.9 Å². The predicted molar refractivity (Wildman–Crippen MR) is 91.7 cm³/mol. The lowest BCUT2D eigenvalue weighted by atomic mass is 10.1. The van der Waals surface area contributed by atoms with E-state index in [1.165, 1.54) is 18.3 Å². The Labute approximate surface area is 145 Å². The summed E-state index contributed by atoms with van der Waals surface area (Å²) in [4.78, 5) is 15.7. The lowest BCUT2D eigenvalue weighted by molar-refractivity contribution is -0.0448. The third-order valence-electron chi connectivity index (χ3n) is 3.13. The zero-order valence-electron chi connectivity index (χ0n) is 12.0. The Morgan fingerprint density at radius 2 is 2.13 bits per heavy atom. The summed E-state index contributed by atoms with van der Waals surface area (Å²) in [7, 11) is 0. The number of hydrogen-bond acceptors (Lipinski definition) is 5. The number of nitrogens with one attached hydrogen (secondary N) is 1. The molecule has 122 valence electrons. The van der Waals surface area contributed by atoms with Gasteiger partial charge in [0.15, 0.2) is 6.29 Å². The van der Waals surface area contributed by atoms with Crippen LogP contribution in [0, 0.1) is 9.39 Å². The number of carbonyl (C=O) groups excluding carboxylic acids is 1. The van der Waals surface area contributed by atoms with Gasteiger partial charge in [0.2, 0.25) is 0 Å². The van der Waals surface area contributed by atoms with Crippen molar-refractivity contribution in [1.29, 1.82) is 0 Å². The van der Waals surface area contributed by atoms with Gasteiger partial charge in [-0.2, -0.15) is 0 Å². The normalized spacial score (nSPS) is 10.8. The van der Waals surface area contributed by atoms with Crippen molar-refractivity contribution in [3.8, 4) is 0 Å². The number of primary amides is 1. The number of aryl methyl sites for hydroxylation is 1. The molecule has 0 unspecified atom stereocenters. The first-order valence-corrected chi connectivity index (χ1v) is 7.82. The monoisotopic (exact) mass is 431 g/mol. The summed E-state index contributed by atoms with van der Waals surface area (Å²) in [6, 6.07) is 6.03. The average molecular weight is 431 g/mol. The molecule has 1 heterocycles. The number of carbonyl (C=O) groups is 1. The molecular formula is C15H15FIN3O3. The van der Waals surface area contributed by atoms with Gasteiger partial charge in [-0.05, 0) is 53.3 Å². The van der Waals surface area contributed by atoms with E-state index in [2.05, 4.69) is 10.3 Å². The number of benzene rings is 1. The summed E-state index contributed by atoms with van der Waals surface area (Å²) < 4.78 is 14.8. The molecule has 0 spiro atoms. The molecule has 0 fully saturated rings. The van der Waals surface area contributed by atoms with E-state index < -0.39 is 18.0 Å². The molecule has 0 bridgehead atoms. The maximum Gasteiger partial charge on any atom is 0.250 e. The van der Waals surface area contributed by atoms with Gasteiger partial charge in [-0.3, -0.25) is 9.78 Å². The molecule has 1 amide bonds. The highest BCUT2D eigenvalue weighted by Crippen LogP contribution is 2.27. The topological polar surface area (TPSA) is 108 Å². The number of rotatable bonds is 6. The fourth-order valence-electron chi connectivity index (χ4n) is 2.03. The van der Waals surface area contributed by atoms with Crippen molar-refractivity contribution in [2.45, 2.75) is 19.1 Å². The van der Waals surface area contributed by atoms with Crippen LogP contribution in [0.25, 0.3) is 0 Å². The third-order valence-corrected chi connectivity index (χ3v) is 3.80. The summed E-state index contributed by atoms with van der Waals surface area (Å²) in [6.45, 7) is 0. The van der Waals surface area contributed by atoms with Gasteiger partial charge >= 0.3 is 0 Å². The molecule has 0 saturated carbocycles. The van der Waals surface area contributed by atoms with E-state index in [1.807, 2.05) is 22.6 Å². The van der Waals surface area contributed by atoms with Gasteiger partial charge in [-0.25, -0.2) is 4.39 Å². The molecule has 0 radical (unpaired) electrons. The van der Waals surface area contributed by atoms with E-state index in [4.69, 9.17) is 15.9 Å². The first-order valence-electron chi connectivity index (χ1n) is 6.74. The number of amides is 1. The minimum Gasteiger partial charge on any atom is -0.368 e. The number of nitrogens with two attached hydrogens (primary N) is 1. The van der Waals surface area contributed by atoms with Crippen LogP contribution in [0.2, 0.25) is 0 Å². The first kappa shape index (κ1) is 17.6. The second kappa shape index (κ2) is 7.66. The van der Waals surface area contributed by atoms with Crippen LogP contribution in [0.5, 0.6) is 0 Å². The molecular weight excluding hydrogens is 416 g/mol. The number of hydrogen-bond donors (Lipinski definition) is 4. The molecule has 1 aromatic carbocycles. The van der Waals surface area contributed by atoms with Gasteiger partial charge in [0.25, 0.3) is 5.91 Å². The van der Waals surface area contributed by atoms with Crippen LogP contribution in [0.1, 0.15) is 22.5 Å². The van der Waals surface area contributed by atoms with Crippen LogP contribution < -0.4 is 11.1 Å². The fraction of sp³-hybridized carbons (Fsp3) is 0.200. The minimum absolute atomic E-state index is 0.0269. The summed E-state index contributed by atoms with van der Waals surface area (Å²) in [6.07, 6.45) is 0.109. The number of anilines is 2. The van der Waals surface area contributed by atoms with E-state index in [0.29, 0.717) is 5.69 Å². The molecule has 0 atom stereocenters. The molecule has 8 heteroatoms. The number of aromatic nitrogens is 1. The van der Waals surface area contributed by atoms with E-state index >= 15 is 0 Å². The van der Waals surface area contributed by atoms with Crippen molar-refractivity contribution in [3.63, 3.8) is 0 Å². The number of halogens is 2. The Morgan fingerprint density at radius 3 is 2.74 bits per heavy atom. The standard InChI is InChI=1S/C15H15FIN3O3/c16-10-7-8(17)1-2-11(10)20-14-9(15(18)23)5-6-19-12(14)3-4-13(21)22/h1-2,5-7,13,20-22H,3-4H2,(H2,18,23). The highest BCUT2D eigenvalue weighted by Gasteiger charge is 2.16.